The van der Waals surface area contributed by atoms with Crippen LogP contribution in [0.2, 0.25) is 0 Å². The number of carbonyl (C=O) groups excluding carboxylic acids is 2. The van der Waals surface area contributed by atoms with Gasteiger partial charge < -0.3 is 10.4 Å². The molecule has 2 aliphatic rings. The van der Waals surface area contributed by atoms with E-state index in [-0.39, 0.29) is 17.1 Å². The summed E-state index contributed by atoms with van der Waals surface area (Å²) in [5.41, 5.74) is 1.01. The fourth-order valence-corrected chi connectivity index (χ4v) is 5.40. The Morgan fingerprint density at radius 3 is 2.33 bits per heavy atom. The normalized spacial score (nSPS) is 25.1. The molecule has 1 aliphatic heterocycles. The van der Waals surface area contributed by atoms with Crippen molar-refractivity contribution in [1.29, 1.82) is 0 Å². The lowest BCUT2D eigenvalue weighted by molar-refractivity contribution is -0.117. The quantitative estimate of drug-likeness (QED) is 0.626. The van der Waals surface area contributed by atoms with Gasteiger partial charge in [0, 0.05) is 37.7 Å². The molecule has 1 aromatic carbocycles. The topological polar surface area (TPSA) is 82.5 Å². The van der Waals surface area contributed by atoms with Crippen LogP contribution in [0.5, 0.6) is 0 Å². The first kappa shape index (κ1) is 23.6. The van der Waals surface area contributed by atoms with Crippen LogP contribution >= 0.6 is 0 Å². The number of nitrogens with zero attached hydrogens (tertiary/aromatic N) is 2. The predicted molar refractivity (Wildman–Crippen MR) is 129 cm³/mol. The van der Waals surface area contributed by atoms with Crippen molar-refractivity contribution in [3.8, 4) is 0 Å². The molecule has 0 spiro atoms. The van der Waals surface area contributed by atoms with Gasteiger partial charge in [0.1, 0.15) is 5.82 Å². The molecule has 1 aliphatic carbocycles. The highest BCUT2D eigenvalue weighted by molar-refractivity contribution is 5.98. The first-order chi connectivity index (χ1) is 15.6. The minimum Gasteiger partial charge on any atom is -0.390 e. The fraction of sp³-hybridized carbons (Fsp3) is 0.519. The molecule has 3 atom stereocenters. The largest absolute Gasteiger partial charge is 0.390 e. The second-order valence-electron chi connectivity index (χ2n) is 11.2. The molecule has 1 saturated heterocycles. The fourth-order valence-electron chi connectivity index (χ4n) is 5.40. The number of benzene rings is 1. The first-order valence-electron chi connectivity index (χ1n) is 11.9. The SMILES string of the molecule is CC(C)(C)CC(=O)Nc1ccc(C(=O)CN2C[C@@H]3CC(O)(Cc4ccccc4)C[C@@H]3C2)cn1. The molecule has 6 heteroatoms. The van der Waals surface area contributed by atoms with Gasteiger partial charge in [0.15, 0.2) is 5.78 Å². The van der Waals surface area contributed by atoms with Gasteiger partial charge in [-0.1, -0.05) is 51.1 Å². The van der Waals surface area contributed by atoms with Crippen molar-refractivity contribution >= 4 is 17.5 Å². The molecule has 2 N–H and O–H groups in total. The van der Waals surface area contributed by atoms with Crippen LogP contribution in [0.1, 0.15) is 56.0 Å². The summed E-state index contributed by atoms with van der Waals surface area (Å²) < 4.78 is 0. The Hall–Kier alpha value is -2.57. The third-order valence-electron chi connectivity index (χ3n) is 6.72. The molecular formula is C27H35N3O3. The summed E-state index contributed by atoms with van der Waals surface area (Å²) in [5, 5.41) is 13.9. The summed E-state index contributed by atoms with van der Waals surface area (Å²) in [7, 11) is 0. The molecule has 1 saturated carbocycles. The number of pyridine rings is 1. The number of amides is 1. The summed E-state index contributed by atoms with van der Waals surface area (Å²) in [6.07, 6.45) is 4.24. The number of fused-ring (bicyclic) bond motifs is 1. The molecule has 2 fully saturated rings. The molecule has 176 valence electrons. The Labute approximate surface area is 196 Å². The maximum atomic E-state index is 12.8. The van der Waals surface area contributed by atoms with Gasteiger partial charge in [-0.2, -0.15) is 0 Å². The van der Waals surface area contributed by atoms with E-state index in [0.717, 1.165) is 25.9 Å². The van der Waals surface area contributed by atoms with E-state index in [1.165, 1.54) is 5.56 Å². The van der Waals surface area contributed by atoms with Crippen molar-refractivity contribution < 1.29 is 14.7 Å². The number of likely N-dealkylation sites (tertiary alicyclic amines) is 1. The highest BCUT2D eigenvalue weighted by atomic mass is 16.3. The van der Waals surface area contributed by atoms with Gasteiger partial charge in [-0.25, -0.2) is 4.98 Å². The van der Waals surface area contributed by atoms with Gasteiger partial charge in [-0.3, -0.25) is 14.5 Å². The highest BCUT2D eigenvalue weighted by Crippen LogP contribution is 2.45. The second-order valence-corrected chi connectivity index (χ2v) is 11.2. The molecule has 1 unspecified atom stereocenters. The number of anilines is 1. The van der Waals surface area contributed by atoms with E-state index < -0.39 is 5.60 Å². The minimum absolute atomic E-state index is 0.0367. The van der Waals surface area contributed by atoms with Crippen molar-refractivity contribution in [3.63, 3.8) is 0 Å². The molecule has 0 radical (unpaired) electrons. The van der Waals surface area contributed by atoms with E-state index in [4.69, 9.17) is 0 Å². The van der Waals surface area contributed by atoms with Crippen LogP contribution in [-0.4, -0.2) is 51.9 Å². The van der Waals surface area contributed by atoms with Gasteiger partial charge in [-0.05, 0) is 47.8 Å². The van der Waals surface area contributed by atoms with Crippen LogP contribution < -0.4 is 5.32 Å². The van der Waals surface area contributed by atoms with Crippen LogP contribution in [-0.2, 0) is 11.2 Å². The van der Waals surface area contributed by atoms with E-state index in [0.29, 0.717) is 42.6 Å². The van der Waals surface area contributed by atoms with Gasteiger partial charge in [0.2, 0.25) is 5.91 Å². The molecule has 4 rings (SSSR count). The number of aliphatic hydroxyl groups is 1. The third-order valence-corrected chi connectivity index (χ3v) is 6.72. The van der Waals surface area contributed by atoms with Crippen LogP contribution in [0.15, 0.2) is 48.7 Å². The van der Waals surface area contributed by atoms with E-state index in [1.807, 2.05) is 39.0 Å². The molecule has 33 heavy (non-hydrogen) atoms. The predicted octanol–water partition coefficient (Wildman–Crippen LogP) is 3.95. The Bertz CT molecular complexity index is 968. The lowest BCUT2D eigenvalue weighted by atomic mass is 9.91. The standard InChI is InChI=1S/C27H35N3O3/c1-26(2,3)14-25(32)29-24-10-9-20(15-28-24)23(31)18-30-16-21-12-27(33,13-22(21)17-30)11-19-7-5-4-6-8-19/h4-10,15,21-22,33H,11-14,16-18H2,1-3H3,(H,28,29,32)/t21-,22+,27?. The summed E-state index contributed by atoms with van der Waals surface area (Å²) in [5.74, 6) is 1.30. The number of nitrogens with one attached hydrogen (secondary N) is 1. The molecule has 2 heterocycles. The van der Waals surface area contributed by atoms with Crippen molar-refractivity contribution in [3.05, 3.63) is 59.8 Å². The zero-order valence-corrected chi connectivity index (χ0v) is 19.9. The summed E-state index contributed by atoms with van der Waals surface area (Å²) in [4.78, 5) is 31.3. The molecular weight excluding hydrogens is 414 g/mol. The molecule has 6 nitrogen and oxygen atoms in total. The van der Waals surface area contributed by atoms with Crippen LogP contribution in [0.3, 0.4) is 0 Å². The number of hydrogen-bond donors (Lipinski definition) is 2. The van der Waals surface area contributed by atoms with Crippen LogP contribution in [0.4, 0.5) is 5.82 Å². The van der Waals surface area contributed by atoms with Crippen molar-refractivity contribution in [2.45, 2.75) is 52.1 Å². The first-order valence-corrected chi connectivity index (χ1v) is 11.9. The van der Waals surface area contributed by atoms with E-state index >= 15 is 0 Å². The summed E-state index contributed by atoms with van der Waals surface area (Å²) in [6, 6.07) is 13.6. The average Bonchev–Trinajstić information content (AvgIpc) is 3.21. The lowest BCUT2D eigenvalue weighted by Crippen LogP contribution is -2.34. The third kappa shape index (κ3) is 6.27. The number of hydrogen-bond acceptors (Lipinski definition) is 5. The Morgan fingerprint density at radius 1 is 1.09 bits per heavy atom. The molecule has 1 aromatic heterocycles. The lowest BCUT2D eigenvalue weighted by Gasteiger charge is -2.26. The smallest absolute Gasteiger partial charge is 0.226 e. The summed E-state index contributed by atoms with van der Waals surface area (Å²) >= 11 is 0. The molecule has 0 bridgehead atoms. The van der Waals surface area contributed by atoms with Gasteiger partial charge in [0.05, 0.1) is 12.1 Å². The zero-order chi connectivity index (χ0) is 23.6. The second kappa shape index (κ2) is 9.35. The van der Waals surface area contributed by atoms with E-state index in [1.54, 1.807) is 18.3 Å². The maximum absolute atomic E-state index is 12.8. The number of Topliss-reactive ketones (excluding diaryl/α,β-unsaturated/α-hetero) is 1. The van der Waals surface area contributed by atoms with Gasteiger partial charge in [0.25, 0.3) is 0 Å². The van der Waals surface area contributed by atoms with Crippen molar-refractivity contribution in [2.24, 2.45) is 17.3 Å². The number of carbonyl (C=O) groups is 2. The Kier molecular flexibility index (Phi) is 6.68. The maximum Gasteiger partial charge on any atom is 0.226 e. The van der Waals surface area contributed by atoms with Crippen molar-refractivity contribution in [1.82, 2.24) is 9.88 Å². The van der Waals surface area contributed by atoms with E-state index in [2.05, 4.69) is 27.3 Å². The number of rotatable bonds is 7. The Balaban J connectivity index is 1.26. The van der Waals surface area contributed by atoms with Gasteiger partial charge in [-0.15, -0.1) is 0 Å². The monoisotopic (exact) mass is 449 g/mol. The number of ketones is 1. The average molecular weight is 450 g/mol. The highest BCUT2D eigenvalue weighted by Gasteiger charge is 2.48. The number of aromatic nitrogens is 1. The van der Waals surface area contributed by atoms with Crippen LogP contribution in [0, 0.1) is 17.3 Å². The van der Waals surface area contributed by atoms with Crippen LogP contribution in [0.25, 0.3) is 0 Å². The van der Waals surface area contributed by atoms with Crippen molar-refractivity contribution in [2.75, 3.05) is 25.0 Å². The van der Waals surface area contributed by atoms with E-state index in [9.17, 15) is 14.7 Å². The summed E-state index contributed by atoms with van der Waals surface area (Å²) in [6.45, 7) is 8.10. The Morgan fingerprint density at radius 2 is 1.76 bits per heavy atom. The molecule has 1 amide bonds. The molecule has 2 aromatic rings. The van der Waals surface area contributed by atoms with Gasteiger partial charge >= 0.3 is 0 Å². The minimum atomic E-state index is -0.635. The zero-order valence-electron chi connectivity index (χ0n) is 19.9.